The van der Waals surface area contributed by atoms with Crippen molar-refractivity contribution in [2.45, 2.75) is 25.1 Å². The normalized spacial score (nSPS) is 10.7. The first kappa shape index (κ1) is 14.8. The van der Waals surface area contributed by atoms with Crippen molar-refractivity contribution in [3.05, 3.63) is 33.2 Å². The van der Waals surface area contributed by atoms with Crippen LogP contribution in [0, 0.1) is 0 Å². The summed E-state index contributed by atoms with van der Waals surface area (Å²) in [5, 5.41) is 0.0747. The molecular weight excluding hydrogens is 312 g/mol. The van der Waals surface area contributed by atoms with Crippen molar-refractivity contribution >= 4 is 21.9 Å². The Morgan fingerprint density at radius 1 is 1.50 bits per heavy atom. The van der Waals surface area contributed by atoms with Crippen LogP contribution < -0.4 is 5.56 Å². The lowest BCUT2D eigenvalue weighted by Crippen LogP contribution is -2.21. The van der Waals surface area contributed by atoms with Crippen molar-refractivity contribution < 1.29 is 18.3 Å². The largest absolute Gasteiger partial charge is 0.466 e. The minimum absolute atomic E-state index is 0.0168. The second-order valence-electron chi connectivity index (χ2n) is 3.45. The van der Waals surface area contributed by atoms with Crippen LogP contribution in [0.5, 0.6) is 0 Å². The van der Waals surface area contributed by atoms with Gasteiger partial charge in [-0.05, 0) is 12.5 Å². The van der Waals surface area contributed by atoms with Crippen molar-refractivity contribution in [2.24, 2.45) is 0 Å². The van der Waals surface area contributed by atoms with E-state index in [0.29, 0.717) is 0 Å². The molecule has 0 radical (unpaired) electrons. The Balaban J connectivity index is 3.20. The van der Waals surface area contributed by atoms with Gasteiger partial charge in [-0.25, -0.2) is 8.78 Å². The number of ether oxygens (including phenoxy) is 1. The third kappa shape index (κ3) is 3.38. The predicted octanol–water partition coefficient (Wildman–Crippen LogP) is 2.31. The van der Waals surface area contributed by atoms with Gasteiger partial charge in [0.25, 0.3) is 12.0 Å². The first-order valence-corrected chi connectivity index (χ1v) is 6.36. The zero-order valence-corrected chi connectivity index (χ0v) is 11.2. The third-order valence-electron chi connectivity index (χ3n) is 2.34. The highest BCUT2D eigenvalue weighted by Crippen LogP contribution is 2.25. The number of pyridine rings is 1. The molecule has 18 heavy (non-hydrogen) atoms. The number of esters is 1. The lowest BCUT2D eigenvalue weighted by Gasteiger charge is -2.11. The average Bonchev–Trinajstić information content (AvgIpc) is 2.31. The maximum absolute atomic E-state index is 12.8. The number of carbonyl (C=O) groups is 1. The summed E-state index contributed by atoms with van der Waals surface area (Å²) in [7, 11) is 0. The number of halogens is 3. The fourth-order valence-electron chi connectivity index (χ4n) is 1.52. The lowest BCUT2D eigenvalue weighted by atomic mass is 10.0. The van der Waals surface area contributed by atoms with Gasteiger partial charge < -0.3 is 9.72 Å². The summed E-state index contributed by atoms with van der Waals surface area (Å²) < 4.78 is 30.2. The SMILES string of the molecule is CCOC(=O)Cc1c(CBr)c(C(F)F)c[nH]c1=O. The van der Waals surface area contributed by atoms with Gasteiger partial charge in [0, 0.05) is 22.7 Å². The third-order valence-corrected chi connectivity index (χ3v) is 2.90. The van der Waals surface area contributed by atoms with Gasteiger partial charge in [-0.2, -0.15) is 0 Å². The molecule has 0 unspecified atom stereocenters. The van der Waals surface area contributed by atoms with Crippen LogP contribution in [0.2, 0.25) is 0 Å². The molecule has 0 aliphatic carbocycles. The fraction of sp³-hybridized carbons (Fsp3) is 0.455. The Hall–Kier alpha value is -1.24. The number of hydrogen-bond donors (Lipinski definition) is 1. The Morgan fingerprint density at radius 3 is 2.67 bits per heavy atom. The van der Waals surface area contributed by atoms with E-state index in [-0.39, 0.29) is 35.0 Å². The Labute approximate surface area is 110 Å². The van der Waals surface area contributed by atoms with Crippen molar-refractivity contribution in [2.75, 3.05) is 6.61 Å². The molecule has 0 bridgehead atoms. The highest BCUT2D eigenvalue weighted by atomic mass is 79.9. The van der Waals surface area contributed by atoms with E-state index in [1.165, 1.54) is 0 Å². The van der Waals surface area contributed by atoms with Crippen LogP contribution in [-0.2, 0) is 21.3 Å². The van der Waals surface area contributed by atoms with Crippen LogP contribution in [0.1, 0.15) is 30.0 Å². The summed E-state index contributed by atoms with van der Waals surface area (Å²) in [5.41, 5.74) is -0.683. The van der Waals surface area contributed by atoms with E-state index in [9.17, 15) is 18.4 Å². The van der Waals surface area contributed by atoms with Crippen molar-refractivity contribution in [1.82, 2.24) is 4.98 Å². The smallest absolute Gasteiger partial charge is 0.310 e. The molecule has 0 aliphatic rings. The van der Waals surface area contributed by atoms with E-state index in [1.54, 1.807) is 6.92 Å². The monoisotopic (exact) mass is 323 g/mol. The van der Waals surface area contributed by atoms with Gasteiger partial charge in [0.2, 0.25) is 0 Å². The van der Waals surface area contributed by atoms with E-state index < -0.39 is 18.0 Å². The number of aromatic nitrogens is 1. The molecule has 4 nitrogen and oxygen atoms in total. The van der Waals surface area contributed by atoms with E-state index in [0.717, 1.165) is 6.20 Å². The predicted molar refractivity (Wildman–Crippen MR) is 65.0 cm³/mol. The van der Waals surface area contributed by atoms with Gasteiger partial charge in [0.05, 0.1) is 13.0 Å². The highest BCUT2D eigenvalue weighted by molar-refractivity contribution is 9.08. The molecule has 0 saturated heterocycles. The van der Waals surface area contributed by atoms with Gasteiger partial charge in [0.15, 0.2) is 0 Å². The van der Waals surface area contributed by atoms with Gasteiger partial charge >= 0.3 is 5.97 Å². The topological polar surface area (TPSA) is 59.2 Å². The maximum Gasteiger partial charge on any atom is 0.310 e. The molecule has 100 valence electrons. The number of rotatable bonds is 5. The van der Waals surface area contributed by atoms with Crippen molar-refractivity contribution in [1.29, 1.82) is 0 Å². The van der Waals surface area contributed by atoms with Crippen LogP contribution in [-0.4, -0.2) is 17.6 Å². The van der Waals surface area contributed by atoms with Crippen LogP contribution in [0.25, 0.3) is 0 Å². The van der Waals surface area contributed by atoms with Crippen molar-refractivity contribution in [3.8, 4) is 0 Å². The average molecular weight is 324 g/mol. The lowest BCUT2D eigenvalue weighted by molar-refractivity contribution is -0.142. The van der Waals surface area contributed by atoms with Crippen LogP contribution >= 0.6 is 15.9 Å². The Kier molecular flexibility index (Phi) is 5.46. The summed E-state index contributed by atoms with van der Waals surface area (Å²) in [6.07, 6.45) is -2.06. The number of hydrogen-bond acceptors (Lipinski definition) is 3. The Morgan fingerprint density at radius 2 is 2.17 bits per heavy atom. The summed E-state index contributed by atoms with van der Waals surface area (Å²) in [5.74, 6) is -0.614. The second kappa shape index (κ2) is 6.63. The number of nitrogens with one attached hydrogen (secondary N) is 1. The van der Waals surface area contributed by atoms with E-state index in [2.05, 4.69) is 20.9 Å². The van der Waals surface area contributed by atoms with Crippen LogP contribution in [0.15, 0.2) is 11.0 Å². The molecule has 1 aromatic heterocycles. The van der Waals surface area contributed by atoms with Crippen molar-refractivity contribution in [3.63, 3.8) is 0 Å². The minimum atomic E-state index is -2.71. The quantitative estimate of drug-likeness (QED) is 0.668. The standard InChI is InChI=1S/C11H12BrF2NO3/c1-2-18-9(16)3-6-7(4-12)8(10(13)14)5-15-11(6)17/h5,10H,2-4H2,1H3,(H,15,17). The molecule has 0 fully saturated rings. The molecule has 0 atom stereocenters. The number of alkyl halides is 3. The van der Waals surface area contributed by atoms with E-state index in [1.807, 2.05) is 0 Å². The molecule has 0 aromatic carbocycles. The highest BCUT2D eigenvalue weighted by Gasteiger charge is 2.20. The molecule has 7 heteroatoms. The second-order valence-corrected chi connectivity index (χ2v) is 4.01. The first-order chi connectivity index (χ1) is 8.51. The molecular formula is C11H12BrF2NO3. The molecule has 0 spiro atoms. The zero-order valence-electron chi connectivity index (χ0n) is 9.63. The number of H-pyrrole nitrogens is 1. The van der Waals surface area contributed by atoms with Gasteiger partial charge in [-0.3, -0.25) is 9.59 Å². The van der Waals surface area contributed by atoms with Crippen LogP contribution in [0.4, 0.5) is 8.78 Å². The van der Waals surface area contributed by atoms with Gasteiger partial charge in [-0.1, -0.05) is 15.9 Å². The molecule has 1 rings (SSSR count). The maximum atomic E-state index is 12.8. The molecule has 1 aromatic rings. The fourth-order valence-corrected chi connectivity index (χ4v) is 2.19. The first-order valence-electron chi connectivity index (χ1n) is 5.24. The Bertz CT molecular complexity index is 488. The molecule has 1 N–H and O–H groups in total. The summed E-state index contributed by atoms with van der Waals surface area (Å²) in [6, 6.07) is 0. The summed E-state index contributed by atoms with van der Waals surface area (Å²) >= 11 is 3.05. The van der Waals surface area contributed by atoms with Gasteiger partial charge in [-0.15, -0.1) is 0 Å². The molecule has 0 saturated carbocycles. The summed E-state index contributed by atoms with van der Waals surface area (Å²) in [4.78, 5) is 25.1. The van der Waals surface area contributed by atoms with E-state index >= 15 is 0 Å². The zero-order chi connectivity index (χ0) is 13.7. The molecule has 0 amide bonds. The van der Waals surface area contributed by atoms with Gasteiger partial charge in [0.1, 0.15) is 0 Å². The molecule has 0 aliphatic heterocycles. The number of aromatic amines is 1. The minimum Gasteiger partial charge on any atom is -0.466 e. The summed E-state index contributed by atoms with van der Waals surface area (Å²) in [6.45, 7) is 1.80. The van der Waals surface area contributed by atoms with E-state index in [4.69, 9.17) is 4.74 Å². The van der Waals surface area contributed by atoms with Crippen LogP contribution in [0.3, 0.4) is 0 Å². The molecule has 1 heterocycles. The number of carbonyl (C=O) groups excluding carboxylic acids is 1.